The van der Waals surface area contributed by atoms with Crippen LogP contribution in [0.15, 0.2) is 65.4 Å². The number of benzene rings is 1. The summed E-state index contributed by atoms with van der Waals surface area (Å²) in [7, 11) is -3.70. The summed E-state index contributed by atoms with van der Waals surface area (Å²) in [5, 5.41) is 3.13. The van der Waals surface area contributed by atoms with Crippen LogP contribution in [0.5, 0.6) is 0 Å². The number of thiol groups is 1. The van der Waals surface area contributed by atoms with Gasteiger partial charge >= 0.3 is 0 Å². The van der Waals surface area contributed by atoms with Gasteiger partial charge in [0.05, 0.1) is 16.7 Å². The van der Waals surface area contributed by atoms with E-state index in [-0.39, 0.29) is 28.4 Å². The van der Waals surface area contributed by atoms with Crippen molar-refractivity contribution >= 4 is 28.4 Å². The molecule has 0 bridgehead atoms. The minimum atomic E-state index is -3.70. The number of rotatable bonds is 5. The molecule has 2 unspecified atom stereocenters. The molecule has 0 saturated carbocycles. The van der Waals surface area contributed by atoms with E-state index in [0.29, 0.717) is 11.4 Å². The molecular weight excluding hydrogens is 332 g/mol. The molecule has 0 fully saturated rings. The number of ketones is 1. The van der Waals surface area contributed by atoms with Crippen LogP contribution in [-0.4, -0.2) is 26.0 Å². The summed E-state index contributed by atoms with van der Waals surface area (Å²) in [6.45, 7) is 0. The third-order valence-electron chi connectivity index (χ3n) is 3.73. The number of fused-ring (bicyclic) bond motifs is 1. The van der Waals surface area contributed by atoms with Gasteiger partial charge in [-0.1, -0.05) is 36.4 Å². The van der Waals surface area contributed by atoms with Crippen molar-refractivity contribution in [3.05, 3.63) is 66.0 Å². The van der Waals surface area contributed by atoms with E-state index < -0.39 is 10.0 Å². The van der Waals surface area contributed by atoms with Crippen molar-refractivity contribution < 1.29 is 13.2 Å². The zero-order chi connectivity index (χ0) is 16.4. The molecular formula is C16H16N2O3S2. The van der Waals surface area contributed by atoms with E-state index in [4.69, 9.17) is 0 Å². The Kier molecular flexibility index (Phi) is 4.32. The van der Waals surface area contributed by atoms with E-state index in [2.05, 4.69) is 22.7 Å². The lowest BCUT2D eigenvalue weighted by atomic mass is 9.98. The lowest BCUT2D eigenvalue weighted by molar-refractivity contribution is 0.102. The SMILES string of the molecule is O=C(CS)c1ccc(S(=O)(=O)NC2=CC3C=CC=CC3N2)cc1. The number of carbonyl (C=O) groups is 1. The highest BCUT2D eigenvalue weighted by atomic mass is 32.2. The minimum absolute atomic E-state index is 0.0769. The van der Waals surface area contributed by atoms with Gasteiger partial charge in [-0.3, -0.25) is 9.52 Å². The van der Waals surface area contributed by atoms with Crippen molar-refractivity contribution in [2.24, 2.45) is 5.92 Å². The molecule has 1 aromatic rings. The van der Waals surface area contributed by atoms with Gasteiger partial charge < -0.3 is 5.32 Å². The predicted octanol–water partition coefficient (Wildman–Crippen LogP) is 1.63. The molecule has 2 atom stereocenters. The van der Waals surface area contributed by atoms with Crippen molar-refractivity contribution in [3.63, 3.8) is 0 Å². The van der Waals surface area contributed by atoms with Crippen LogP contribution in [0, 0.1) is 5.92 Å². The van der Waals surface area contributed by atoms with Crippen LogP contribution in [0.25, 0.3) is 0 Å². The van der Waals surface area contributed by atoms with Crippen LogP contribution in [0.1, 0.15) is 10.4 Å². The smallest absolute Gasteiger partial charge is 0.262 e. The molecule has 0 aromatic heterocycles. The fourth-order valence-corrected chi connectivity index (χ4v) is 3.74. The molecule has 0 saturated heterocycles. The van der Waals surface area contributed by atoms with Gasteiger partial charge in [-0.05, 0) is 18.2 Å². The molecule has 1 heterocycles. The molecule has 2 aliphatic rings. The third-order valence-corrected chi connectivity index (χ3v) is 5.40. The highest BCUT2D eigenvalue weighted by Gasteiger charge is 2.26. The Labute approximate surface area is 140 Å². The van der Waals surface area contributed by atoms with Gasteiger partial charge in [-0.25, -0.2) is 8.42 Å². The van der Waals surface area contributed by atoms with Crippen LogP contribution in [0.4, 0.5) is 0 Å². The Morgan fingerprint density at radius 1 is 1.17 bits per heavy atom. The number of hydrogen-bond donors (Lipinski definition) is 3. The van der Waals surface area contributed by atoms with Crippen molar-refractivity contribution in [1.82, 2.24) is 10.0 Å². The van der Waals surface area contributed by atoms with Crippen LogP contribution >= 0.6 is 12.6 Å². The summed E-state index contributed by atoms with van der Waals surface area (Å²) in [5.74, 6) is 0.554. The molecule has 0 amide bonds. The van der Waals surface area contributed by atoms with Gasteiger partial charge in [0, 0.05) is 11.5 Å². The van der Waals surface area contributed by atoms with Crippen LogP contribution in [0.3, 0.4) is 0 Å². The normalized spacial score (nSPS) is 22.2. The van der Waals surface area contributed by atoms with Crippen LogP contribution in [0.2, 0.25) is 0 Å². The van der Waals surface area contributed by atoms with Gasteiger partial charge in [-0.15, -0.1) is 0 Å². The first-order valence-corrected chi connectivity index (χ1v) is 9.21. The summed E-state index contributed by atoms with van der Waals surface area (Å²) in [5.41, 5.74) is 0.443. The zero-order valence-electron chi connectivity index (χ0n) is 12.1. The first kappa shape index (κ1) is 15.9. The molecule has 5 nitrogen and oxygen atoms in total. The summed E-state index contributed by atoms with van der Waals surface area (Å²) >= 11 is 3.92. The number of Topliss-reactive ketones (excluding diaryl/α,β-unsaturated/α-hetero) is 1. The second kappa shape index (κ2) is 6.25. The highest BCUT2D eigenvalue weighted by molar-refractivity contribution is 7.89. The molecule has 1 aliphatic carbocycles. The maximum absolute atomic E-state index is 12.4. The molecule has 0 radical (unpaired) electrons. The molecule has 120 valence electrons. The fraction of sp³-hybridized carbons (Fsp3) is 0.188. The van der Waals surface area contributed by atoms with E-state index in [1.165, 1.54) is 24.3 Å². The lowest BCUT2D eigenvalue weighted by Gasteiger charge is -2.16. The van der Waals surface area contributed by atoms with Gasteiger partial charge in [-0.2, -0.15) is 12.6 Å². The Balaban J connectivity index is 1.76. The molecule has 3 rings (SSSR count). The summed E-state index contributed by atoms with van der Waals surface area (Å²) in [6.07, 6.45) is 9.71. The number of carbonyl (C=O) groups excluding carboxylic acids is 1. The Morgan fingerprint density at radius 2 is 1.87 bits per heavy atom. The quantitative estimate of drug-likeness (QED) is 0.558. The summed E-state index contributed by atoms with van der Waals surface area (Å²) < 4.78 is 27.4. The highest BCUT2D eigenvalue weighted by Crippen LogP contribution is 2.22. The van der Waals surface area contributed by atoms with Gasteiger partial charge in [0.15, 0.2) is 5.78 Å². The second-order valence-electron chi connectivity index (χ2n) is 5.31. The van der Waals surface area contributed by atoms with Crippen LogP contribution in [-0.2, 0) is 10.0 Å². The standard InChI is InChI=1S/C16H16N2O3S2/c19-15(10-22)11-5-7-13(8-6-11)23(20,21)18-16-9-12-3-1-2-4-14(12)17-16/h1-9,12,14,17-18,22H,10H2. The van der Waals surface area contributed by atoms with Crippen molar-refractivity contribution in [2.75, 3.05) is 5.75 Å². The third kappa shape index (κ3) is 3.35. The number of allylic oxidation sites excluding steroid dienone is 2. The zero-order valence-corrected chi connectivity index (χ0v) is 13.8. The summed E-state index contributed by atoms with van der Waals surface area (Å²) in [4.78, 5) is 11.6. The molecule has 2 N–H and O–H groups in total. The Hall–Kier alpha value is -1.99. The topological polar surface area (TPSA) is 75.3 Å². The maximum Gasteiger partial charge on any atom is 0.262 e. The predicted molar refractivity (Wildman–Crippen MR) is 91.7 cm³/mol. The van der Waals surface area contributed by atoms with Gasteiger partial charge in [0.2, 0.25) is 0 Å². The number of sulfonamides is 1. The molecule has 23 heavy (non-hydrogen) atoms. The second-order valence-corrected chi connectivity index (χ2v) is 7.31. The lowest BCUT2D eigenvalue weighted by Crippen LogP contribution is -2.34. The summed E-state index contributed by atoms with van der Waals surface area (Å²) in [6, 6.07) is 5.90. The fourth-order valence-electron chi connectivity index (χ4n) is 2.53. The monoisotopic (exact) mass is 348 g/mol. The van der Waals surface area contributed by atoms with Gasteiger partial charge in [0.1, 0.15) is 5.82 Å². The Bertz CT molecular complexity index is 808. The van der Waals surface area contributed by atoms with Gasteiger partial charge in [0.25, 0.3) is 10.0 Å². The van der Waals surface area contributed by atoms with E-state index in [0.717, 1.165) is 0 Å². The first-order valence-electron chi connectivity index (χ1n) is 7.10. The maximum atomic E-state index is 12.4. The van der Waals surface area contributed by atoms with E-state index in [1.807, 2.05) is 30.4 Å². The number of hydrogen-bond acceptors (Lipinski definition) is 5. The number of nitrogens with one attached hydrogen (secondary N) is 2. The molecule has 0 spiro atoms. The van der Waals surface area contributed by atoms with Crippen molar-refractivity contribution in [3.8, 4) is 0 Å². The largest absolute Gasteiger partial charge is 0.364 e. The van der Waals surface area contributed by atoms with E-state index >= 15 is 0 Å². The van der Waals surface area contributed by atoms with E-state index in [9.17, 15) is 13.2 Å². The molecule has 7 heteroatoms. The van der Waals surface area contributed by atoms with Crippen molar-refractivity contribution in [2.45, 2.75) is 10.9 Å². The minimum Gasteiger partial charge on any atom is -0.364 e. The van der Waals surface area contributed by atoms with Crippen LogP contribution < -0.4 is 10.0 Å². The average Bonchev–Trinajstić information content (AvgIpc) is 2.95. The molecule has 1 aromatic carbocycles. The molecule has 1 aliphatic heterocycles. The van der Waals surface area contributed by atoms with E-state index in [1.54, 1.807) is 0 Å². The Morgan fingerprint density at radius 3 is 2.52 bits per heavy atom. The average molecular weight is 348 g/mol. The van der Waals surface area contributed by atoms with Crippen molar-refractivity contribution in [1.29, 1.82) is 0 Å². The first-order chi connectivity index (χ1) is 11.0.